The third-order valence-corrected chi connectivity index (χ3v) is 3.17. The van der Waals surface area contributed by atoms with Gasteiger partial charge in [-0.15, -0.1) is 0 Å². The Hall–Kier alpha value is -1.71. The number of carbonyl (C=O) groups excluding carboxylic acids is 1. The summed E-state index contributed by atoms with van der Waals surface area (Å²) < 4.78 is 0. The predicted octanol–water partition coefficient (Wildman–Crippen LogP) is 2.03. The summed E-state index contributed by atoms with van der Waals surface area (Å²) in [5.74, 6) is 0.737. The Bertz CT molecular complexity index is 494. The molecule has 0 unspecified atom stereocenters. The highest BCUT2D eigenvalue weighted by Crippen LogP contribution is 2.31. The van der Waals surface area contributed by atoms with Gasteiger partial charge in [-0.1, -0.05) is 12.2 Å². The molecule has 0 saturated heterocycles. The number of allylic oxidation sites excluding steroid dienone is 1. The van der Waals surface area contributed by atoms with Gasteiger partial charge in [0, 0.05) is 12.6 Å². The summed E-state index contributed by atoms with van der Waals surface area (Å²) >= 11 is 0. The Morgan fingerprint density at radius 1 is 1.35 bits per heavy atom. The lowest BCUT2D eigenvalue weighted by atomic mass is 9.99. The average Bonchev–Trinajstić information content (AvgIpc) is 2.60. The van der Waals surface area contributed by atoms with Crippen LogP contribution in [0.3, 0.4) is 0 Å². The minimum Gasteiger partial charge on any atom is -0.295 e. The molecule has 0 aromatic carbocycles. The predicted molar refractivity (Wildman–Crippen MR) is 66.8 cm³/mol. The van der Waals surface area contributed by atoms with Crippen molar-refractivity contribution in [1.82, 2.24) is 9.97 Å². The lowest BCUT2D eigenvalue weighted by molar-refractivity contribution is -0.114. The van der Waals surface area contributed by atoms with Crippen molar-refractivity contribution < 1.29 is 4.79 Å². The summed E-state index contributed by atoms with van der Waals surface area (Å²) in [6.45, 7) is 9.48. The number of fused-ring (bicyclic) bond motifs is 1. The fourth-order valence-corrected chi connectivity index (χ4v) is 2.20. The molecule has 0 spiro atoms. The largest absolute Gasteiger partial charge is 0.295 e. The second-order valence-corrected chi connectivity index (χ2v) is 4.69. The molecule has 0 bridgehead atoms. The first-order valence-corrected chi connectivity index (χ1v) is 5.76. The summed E-state index contributed by atoms with van der Waals surface area (Å²) in [6, 6.07) is 0. The Balaban J connectivity index is 2.32. The summed E-state index contributed by atoms with van der Waals surface area (Å²) in [5, 5.41) is 2.64. The minimum atomic E-state index is -0.140. The van der Waals surface area contributed by atoms with Crippen LogP contribution >= 0.6 is 0 Å². The molecule has 0 radical (unpaired) electrons. The maximum Gasteiger partial charge on any atom is 0.229 e. The molecular weight excluding hydrogens is 214 g/mol. The molecule has 1 N–H and O–H groups in total. The van der Waals surface area contributed by atoms with Crippen molar-refractivity contribution in [2.75, 3.05) is 5.32 Å². The SMILES string of the molecule is C=C(C)[C@@H]1Cc2nc(NC(C)=O)nc(C)c2C1. The second-order valence-electron chi connectivity index (χ2n) is 4.69. The lowest BCUT2D eigenvalue weighted by Gasteiger charge is -2.06. The molecule has 1 aliphatic rings. The third kappa shape index (κ3) is 2.35. The molecule has 4 heteroatoms. The van der Waals surface area contributed by atoms with E-state index in [0.29, 0.717) is 11.9 Å². The van der Waals surface area contributed by atoms with Crippen LogP contribution in [-0.2, 0) is 17.6 Å². The number of anilines is 1. The Kier molecular flexibility index (Phi) is 2.96. The fourth-order valence-electron chi connectivity index (χ4n) is 2.20. The van der Waals surface area contributed by atoms with Gasteiger partial charge in [-0.3, -0.25) is 10.1 Å². The van der Waals surface area contributed by atoms with Gasteiger partial charge in [0.25, 0.3) is 0 Å². The minimum absolute atomic E-state index is 0.140. The molecule has 2 rings (SSSR count). The number of nitrogens with zero attached hydrogens (tertiary/aromatic N) is 2. The number of aromatic nitrogens is 2. The molecule has 1 aliphatic carbocycles. The van der Waals surface area contributed by atoms with E-state index in [4.69, 9.17) is 0 Å². The van der Waals surface area contributed by atoms with Crippen LogP contribution in [0.25, 0.3) is 0 Å². The van der Waals surface area contributed by atoms with Crippen molar-refractivity contribution in [2.24, 2.45) is 5.92 Å². The van der Waals surface area contributed by atoms with E-state index in [0.717, 1.165) is 24.2 Å². The van der Waals surface area contributed by atoms with E-state index in [-0.39, 0.29) is 5.91 Å². The summed E-state index contributed by atoms with van der Waals surface area (Å²) in [7, 11) is 0. The number of aryl methyl sites for hydroxylation is 1. The third-order valence-electron chi connectivity index (χ3n) is 3.17. The zero-order valence-corrected chi connectivity index (χ0v) is 10.5. The van der Waals surface area contributed by atoms with Crippen LogP contribution in [-0.4, -0.2) is 15.9 Å². The first-order valence-electron chi connectivity index (χ1n) is 5.76. The maximum atomic E-state index is 11.0. The van der Waals surface area contributed by atoms with Crippen LogP contribution in [0, 0.1) is 12.8 Å². The molecule has 1 amide bonds. The zero-order chi connectivity index (χ0) is 12.6. The number of rotatable bonds is 2. The van der Waals surface area contributed by atoms with E-state index < -0.39 is 0 Å². The van der Waals surface area contributed by atoms with E-state index >= 15 is 0 Å². The van der Waals surface area contributed by atoms with Crippen molar-refractivity contribution in [1.29, 1.82) is 0 Å². The topological polar surface area (TPSA) is 54.9 Å². The van der Waals surface area contributed by atoms with E-state index in [1.807, 2.05) is 13.8 Å². The summed E-state index contributed by atoms with van der Waals surface area (Å²) in [4.78, 5) is 19.7. The van der Waals surface area contributed by atoms with Gasteiger partial charge in [-0.2, -0.15) is 0 Å². The highest BCUT2D eigenvalue weighted by molar-refractivity contribution is 5.86. The molecular formula is C13H17N3O. The van der Waals surface area contributed by atoms with Crippen molar-refractivity contribution in [3.8, 4) is 0 Å². The Morgan fingerprint density at radius 3 is 2.65 bits per heavy atom. The highest BCUT2D eigenvalue weighted by atomic mass is 16.1. The highest BCUT2D eigenvalue weighted by Gasteiger charge is 2.26. The van der Waals surface area contributed by atoms with Gasteiger partial charge in [0.05, 0.1) is 5.69 Å². The van der Waals surface area contributed by atoms with Gasteiger partial charge in [-0.05, 0) is 38.2 Å². The summed E-state index contributed by atoms with van der Waals surface area (Å²) in [5.41, 5.74) is 4.41. The van der Waals surface area contributed by atoms with E-state index in [1.54, 1.807) is 0 Å². The number of nitrogens with one attached hydrogen (secondary N) is 1. The molecule has 1 atom stereocenters. The molecule has 4 nitrogen and oxygen atoms in total. The first kappa shape index (κ1) is 11.8. The van der Waals surface area contributed by atoms with Crippen LogP contribution in [0.5, 0.6) is 0 Å². The monoisotopic (exact) mass is 231 g/mol. The Labute approximate surface area is 101 Å². The normalized spacial score (nSPS) is 17.7. The first-order chi connectivity index (χ1) is 7.97. The number of amides is 1. The van der Waals surface area contributed by atoms with Gasteiger partial charge in [0.1, 0.15) is 0 Å². The van der Waals surface area contributed by atoms with Crippen LogP contribution in [0.1, 0.15) is 30.8 Å². The molecule has 17 heavy (non-hydrogen) atoms. The van der Waals surface area contributed by atoms with Gasteiger partial charge in [0.15, 0.2) is 0 Å². The Morgan fingerprint density at radius 2 is 2.06 bits per heavy atom. The fraction of sp³-hybridized carbons (Fsp3) is 0.462. The molecule has 1 aromatic rings. The van der Waals surface area contributed by atoms with Crippen LogP contribution in [0.4, 0.5) is 5.95 Å². The molecule has 1 heterocycles. The van der Waals surface area contributed by atoms with Gasteiger partial charge < -0.3 is 0 Å². The number of hydrogen-bond donors (Lipinski definition) is 1. The smallest absolute Gasteiger partial charge is 0.229 e. The van der Waals surface area contributed by atoms with Crippen molar-refractivity contribution in [3.05, 3.63) is 29.1 Å². The number of carbonyl (C=O) groups is 1. The van der Waals surface area contributed by atoms with E-state index in [1.165, 1.54) is 18.1 Å². The lowest BCUT2D eigenvalue weighted by Crippen LogP contribution is -2.11. The maximum absolute atomic E-state index is 11.0. The van der Waals surface area contributed by atoms with Crippen LogP contribution in [0.2, 0.25) is 0 Å². The van der Waals surface area contributed by atoms with Gasteiger partial charge >= 0.3 is 0 Å². The molecule has 1 aromatic heterocycles. The van der Waals surface area contributed by atoms with Crippen LogP contribution < -0.4 is 5.32 Å². The quantitative estimate of drug-likeness (QED) is 0.792. The molecule has 0 aliphatic heterocycles. The van der Waals surface area contributed by atoms with E-state index in [2.05, 4.69) is 21.9 Å². The molecule has 90 valence electrons. The van der Waals surface area contributed by atoms with Crippen molar-refractivity contribution in [2.45, 2.75) is 33.6 Å². The zero-order valence-electron chi connectivity index (χ0n) is 10.5. The second kappa shape index (κ2) is 4.28. The summed E-state index contributed by atoms with van der Waals surface area (Å²) in [6.07, 6.45) is 1.87. The van der Waals surface area contributed by atoms with Gasteiger partial charge in [0.2, 0.25) is 11.9 Å². The van der Waals surface area contributed by atoms with Crippen LogP contribution in [0.15, 0.2) is 12.2 Å². The standard InChI is InChI=1S/C13H17N3O/c1-7(2)10-5-11-8(3)14-13(15-9(4)17)16-12(11)6-10/h10H,1,5-6H2,2-4H3,(H,14,15,16,17)/t10-/m0/s1. The van der Waals surface area contributed by atoms with Crippen molar-refractivity contribution in [3.63, 3.8) is 0 Å². The van der Waals surface area contributed by atoms with Gasteiger partial charge in [-0.25, -0.2) is 9.97 Å². The molecule has 0 saturated carbocycles. The molecule has 0 fully saturated rings. The average molecular weight is 231 g/mol. The number of hydrogen-bond acceptors (Lipinski definition) is 3. The van der Waals surface area contributed by atoms with Crippen molar-refractivity contribution >= 4 is 11.9 Å². The van der Waals surface area contributed by atoms with E-state index in [9.17, 15) is 4.79 Å².